The molecule has 0 saturated heterocycles. The molecule has 4 heteroatoms. The molecular weight excluding hydrogens is 178 g/mol. The Morgan fingerprint density at radius 1 is 1.14 bits per heavy atom. The maximum absolute atomic E-state index is 8.92. The van der Waals surface area contributed by atoms with E-state index in [1.165, 1.54) is 19.3 Å². The molecule has 0 aliphatic rings. The van der Waals surface area contributed by atoms with Crippen molar-refractivity contribution in [3.05, 3.63) is 11.6 Å². The highest BCUT2D eigenvalue weighted by Crippen LogP contribution is 2.06. The third-order valence-corrected chi connectivity index (χ3v) is 2.45. The summed E-state index contributed by atoms with van der Waals surface area (Å²) in [6, 6.07) is 0. The molecule has 1 N–H and O–H groups in total. The van der Waals surface area contributed by atoms with Crippen LogP contribution in [0.4, 0.5) is 0 Å². The lowest BCUT2D eigenvalue weighted by molar-refractivity contribution is 0.266. The minimum Gasteiger partial charge on any atom is -0.388 e. The number of hydrogen-bond acceptors (Lipinski definition) is 3. The van der Waals surface area contributed by atoms with Crippen molar-refractivity contribution in [2.45, 2.75) is 45.6 Å². The van der Waals surface area contributed by atoms with Gasteiger partial charge in [-0.15, -0.1) is 10.2 Å². The molecule has 0 bridgehead atoms. The number of aryl methyl sites for hydroxylation is 1. The van der Waals surface area contributed by atoms with Crippen molar-refractivity contribution in [2.24, 2.45) is 7.05 Å². The van der Waals surface area contributed by atoms with Gasteiger partial charge >= 0.3 is 0 Å². The SMILES string of the molecule is CCCCCCc1nnc(CO)n1C. The van der Waals surface area contributed by atoms with E-state index in [0.717, 1.165) is 18.7 Å². The Labute approximate surface area is 85.0 Å². The lowest BCUT2D eigenvalue weighted by Gasteiger charge is -2.01. The first-order valence-electron chi connectivity index (χ1n) is 5.27. The number of hydrogen-bond donors (Lipinski definition) is 1. The fourth-order valence-corrected chi connectivity index (χ4v) is 1.46. The van der Waals surface area contributed by atoms with Crippen LogP contribution in [0.1, 0.15) is 44.3 Å². The van der Waals surface area contributed by atoms with Gasteiger partial charge in [-0.3, -0.25) is 0 Å². The number of aliphatic hydroxyl groups is 1. The van der Waals surface area contributed by atoms with Gasteiger partial charge in [-0.2, -0.15) is 0 Å². The Hall–Kier alpha value is -0.900. The molecule has 4 nitrogen and oxygen atoms in total. The summed E-state index contributed by atoms with van der Waals surface area (Å²) in [5.41, 5.74) is 0. The fourth-order valence-electron chi connectivity index (χ4n) is 1.46. The number of rotatable bonds is 6. The molecule has 80 valence electrons. The van der Waals surface area contributed by atoms with E-state index in [4.69, 9.17) is 5.11 Å². The minimum absolute atomic E-state index is 0.0293. The highest BCUT2D eigenvalue weighted by molar-refractivity contribution is 4.93. The lowest BCUT2D eigenvalue weighted by atomic mass is 10.1. The smallest absolute Gasteiger partial charge is 0.158 e. The predicted octanol–water partition coefficient (Wildman–Crippen LogP) is 1.43. The maximum atomic E-state index is 8.92. The second-order valence-corrected chi connectivity index (χ2v) is 3.56. The molecule has 1 aromatic rings. The Morgan fingerprint density at radius 3 is 2.43 bits per heavy atom. The Morgan fingerprint density at radius 2 is 1.86 bits per heavy atom. The number of nitrogens with zero attached hydrogens (tertiary/aromatic N) is 3. The van der Waals surface area contributed by atoms with Crippen molar-refractivity contribution < 1.29 is 5.11 Å². The average molecular weight is 197 g/mol. The number of unbranched alkanes of at least 4 members (excludes halogenated alkanes) is 3. The van der Waals surface area contributed by atoms with Crippen LogP contribution in [0.5, 0.6) is 0 Å². The molecule has 0 saturated carbocycles. The maximum Gasteiger partial charge on any atom is 0.158 e. The zero-order chi connectivity index (χ0) is 10.4. The summed E-state index contributed by atoms with van der Waals surface area (Å²) < 4.78 is 1.88. The zero-order valence-electron chi connectivity index (χ0n) is 9.03. The van der Waals surface area contributed by atoms with Crippen LogP contribution < -0.4 is 0 Å². The molecule has 14 heavy (non-hydrogen) atoms. The Bertz CT molecular complexity index is 270. The molecule has 0 fully saturated rings. The molecule has 0 amide bonds. The lowest BCUT2D eigenvalue weighted by Crippen LogP contribution is -2.02. The second-order valence-electron chi connectivity index (χ2n) is 3.56. The first kappa shape index (κ1) is 11.2. The first-order chi connectivity index (χ1) is 6.79. The topological polar surface area (TPSA) is 50.9 Å². The molecule has 1 rings (SSSR count). The van der Waals surface area contributed by atoms with Gasteiger partial charge in [0.05, 0.1) is 0 Å². The summed E-state index contributed by atoms with van der Waals surface area (Å²) in [7, 11) is 1.90. The Balaban J connectivity index is 2.39. The fraction of sp³-hybridized carbons (Fsp3) is 0.800. The van der Waals surface area contributed by atoms with Gasteiger partial charge in [-0.05, 0) is 6.42 Å². The van der Waals surface area contributed by atoms with Crippen LogP contribution in [0.3, 0.4) is 0 Å². The van der Waals surface area contributed by atoms with Gasteiger partial charge in [0.2, 0.25) is 0 Å². The van der Waals surface area contributed by atoms with Crippen molar-refractivity contribution >= 4 is 0 Å². The van der Waals surface area contributed by atoms with E-state index in [1.807, 2.05) is 11.6 Å². The van der Waals surface area contributed by atoms with Crippen LogP contribution in [-0.4, -0.2) is 19.9 Å². The van der Waals surface area contributed by atoms with Gasteiger partial charge in [0.15, 0.2) is 5.82 Å². The molecule has 0 radical (unpaired) electrons. The van der Waals surface area contributed by atoms with E-state index in [9.17, 15) is 0 Å². The quantitative estimate of drug-likeness (QED) is 0.702. The van der Waals surface area contributed by atoms with Gasteiger partial charge in [-0.1, -0.05) is 26.2 Å². The molecule has 1 heterocycles. The monoisotopic (exact) mass is 197 g/mol. The van der Waals surface area contributed by atoms with Gasteiger partial charge in [0, 0.05) is 13.5 Å². The van der Waals surface area contributed by atoms with E-state index in [2.05, 4.69) is 17.1 Å². The minimum atomic E-state index is -0.0293. The van der Waals surface area contributed by atoms with Gasteiger partial charge in [0.1, 0.15) is 12.4 Å². The third-order valence-electron chi connectivity index (χ3n) is 2.45. The zero-order valence-corrected chi connectivity index (χ0v) is 9.03. The van der Waals surface area contributed by atoms with Crippen LogP contribution in [-0.2, 0) is 20.1 Å². The second kappa shape index (κ2) is 5.75. The largest absolute Gasteiger partial charge is 0.388 e. The van der Waals surface area contributed by atoms with Crippen LogP contribution in [0.25, 0.3) is 0 Å². The molecule has 0 aromatic carbocycles. The van der Waals surface area contributed by atoms with E-state index in [0.29, 0.717) is 5.82 Å². The summed E-state index contributed by atoms with van der Waals surface area (Å²) in [4.78, 5) is 0. The summed E-state index contributed by atoms with van der Waals surface area (Å²) in [6.45, 7) is 2.17. The van der Waals surface area contributed by atoms with Crippen molar-refractivity contribution in [3.8, 4) is 0 Å². The molecule has 0 aliphatic heterocycles. The molecule has 0 spiro atoms. The van der Waals surface area contributed by atoms with Crippen molar-refractivity contribution in [3.63, 3.8) is 0 Å². The summed E-state index contributed by atoms with van der Waals surface area (Å²) in [6.07, 6.45) is 5.90. The van der Waals surface area contributed by atoms with E-state index in [-0.39, 0.29) is 6.61 Å². The predicted molar refractivity (Wildman–Crippen MR) is 54.8 cm³/mol. The average Bonchev–Trinajstić information content (AvgIpc) is 2.55. The molecular formula is C10H19N3O. The molecule has 0 atom stereocenters. The summed E-state index contributed by atoms with van der Waals surface area (Å²) >= 11 is 0. The van der Waals surface area contributed by atoms with Crippen LogP contribution in [0.2, 0.25) is 0 Å². The molecule has 0 unspecified atom stereocenters. The summed E-state index contributed by atoms with van der Waals surface area (Å²) in [5, 5.41) is 16.9. The van der Waals surface area contributed by atoms with E-state index in [1.54, 1.807) is 0 Å². The highest BCUT2D eigenvalue weighted by Gasteiger charge is 2.06. The van der Waals surface area contributed by atoms with Gasteiger partial charge < -0.3 is 9.67 Å². The number of aromatic nitrogens is 3. The Kier molecular flexibility index (Phi) is 4.59. The highest BCUT2D eigenvalue weighted by atomic mass is 16.3. The van der Waals surface area contributed by atoms with Crippen LogP contribution in [0, 0.1) is 0 Å². The van der Waals surface area contributed by atoms with Gasteiger partial charge in [0.25, 0.3) is 0 Å². The first-order valence-corrected chi connectivity index (χ1v) is 5.27. The van der Waals surface area contributed by atoms with Crippen molar-refractivity contribution in [1.29, 1.82) is 0 Å². The van der Waals surface area contributed by atoms with Crippen molar-refractivity contribution in [2.75, 3.05) is 0 Å². The van der Waals surface area contributed by atoms with Crippen molar-refractivity contribution in [1.82, 2.24) is 14.8 Å². The normalized spacial score (nSPS) is 10.8. The van der Waals surface area contributed by atoms with Gasteiger partial charge in [-0.25, -0.2) is 0 Å². The van der Waals surface area contributed by atoms with Crippen LogP contribution in [0.15, 0.2) is 0 Å². The molecule has 0 aliphatic carbocycles. The van der Waals surface area contributed by atoms with Crippen LogP contribution >= 0.6 is 0 Å². The van der Waals surface area contributed by atoms with E-state index >= 15 is 0 Å². The number of aliphatic hydroxyl groups excluding tert-OH is 1. The molecule has 1 aromatic heterocycles. The standard InChI is InChI=1S/C10H19N3O/c1-3-4-5-6-7-9-11-12-10(8-14)13(9)2/h14H,3-8H2,1-2H3. The van der Waals surface area contributed by atoms with E-state index < -0.39 is 0 Å². The third kappa shape index (κ3) is 2.80. The summed E-state index contributed by atoms with van der Waals surface area (Å²) in [5.74, 6) is 1.63.